The SMILES string of the molecule is CC(C)C[C@@H](/C=C/[C@@H](Cc1ccccc1)C(=O)N1CCC[C@H]1NC(=O)C(CCCNC(=O)OC(C)(C)C)C(=O)NC1CC(C)(C)N(O)C(C)(C)C1)NC(=O)OC(C)(C)C. The molecule has 2 saturated heterocycles. The summed E-state index contributed by atoms with van der Waals surface area (Å²) in [6.07, 6.45) is 5.59. The largest absolute Gasteiger partial charge is 0.444 e. The Labute approximate surface area is 352 Å². The molecule has 5 amide bonds. The van der Waals surface area contributed by atoms with Crippen LogP contribution in [-0.2, 0) is 30.3 Å². The number of carbonyl (C=O) groups excluding carboxylic acids is 5. The second-order valence-electron chi connectivity index (χ2n) is 19.9. The minimum Gasteiger partial charge on any atom is -0.444 e. The maximum absolute atomic E-state index is 14.5. The molecule has 332 valence electrons. The summed E-state index contributed by atoms with van der Waals surface area (Å²) in [5, 5.41) is 24.0. The predicted molar refractivity (Wildman–Crippen MR) is 228 cm³/mol. The molecule has 0 bridgehead atoms. The van der Waals surface area contributed by atoms with E-state index in [9.17, 15) is 29.2 Å². The topological polar surface area (TPSA) is 179 Å². The minimum absolute atomic E-state index is 0.140. The van der Waals surface area contributed by atoms with Gasteiger partial charge in [0.15, 0.2) is 0 Å². The Morgan fingerprint density at radius 2 is 1.44 bits per heavy atom. The number of benzene rings is 1. The average Bonchev–Trinajstić information content (AvgIpc) is 3.54. The number of ether oxygens (including phenoxy) is 2. The Bertz CT molecular complexity index is 1580. The van der Waals surface area contributed by atoms with Crippen LogP contribution in [0, 0.1) is 17.8 Å². The van der Waals surface area contributed by atoms with Crippen LogP contribution in [-0.4, -0.2) is 98.7 Å². The molecule has 4 atom stereocenters. The van der Waals surface area contributed by atoms with E-state index in [0.717, 1.165) is 5.56 Å². The number of alkyl carbamates (subject to hydrolysis) is 2. The maximum atomic E-state index is 14.5. The number of amides is 5. The van der Waals surface area contributed by atoms with Crippen LogP contribution in [0.5, 0.6) is 0 Å². The first-order valence-electron chi connectivity index (χ1n) is 21.4. The van der Waals surface area contributed by atoms with E-state index in [2.05, 4.69) is 35.1 Å². The van der Waals surface area contributed by atoms with Crippen molar-refractivity contribution in [1.82, 2.24) is 31.2 Å². The van der Waals surface area contributed by atoms with E-state index in [1.54, 1.807) is 46.4 Å². The zero-order chi connectivity index (χ0) is 44.3. The molecule has 0 aromatic heterocycles. The fraction of sp³-hybridized carbons (Fsp3) is 0.711. The molecule has 3 rings (SSSR count). The first-order valence-corrected chi connectivity index (χ1v) is 21.4. The van der Waals surface area contributed by atoms with Gasteiger partial charge in [-0.2, -0.15) is 5.06 Å². The maximum Gasteiger partial charge on any atom is 0.408 e. The van der Waals surface area contributed by atoms with Gasteiger partial charge in [-0.1, -0.05) is 56.3 Å². The summed E-state index contributed by atoms with van der Waals surface area (Å²) in [6, 6.07) is 9.02. The smallest absolute Gasteiger partial charge is 0.408 e. The summed E-state index contributed by atoms with van der Waals surface area (Å²) in [4.78, 5) is 69.6. The van der Waals surface area contributed by atoms with Crippen LogP contribution in [0.15, 0.2) is 42.5 Å². The average molecular weight is 827 g/mol. The van der Waals surface area contributed by atoms with Crippen LogP contribution in [0.3, 0.4) is 0 Å². The second-order valence-corrected chi connectivity index (χ2v) is 19.9. The molecule has 59 heavy (non-hydrogen) atoms. The number of piperidine rings is 1. The lowest BCUT2D eigenvalue weighted by Gasteiger charge is -2.51. The molecule has 2 aliphatic heterocycles. The molecule has 2 heterocycles. The van der Waals surface area contributed by atoms with Crippen molar-refractivity contribution in [2.24, 2.45) is 17.8 Å². The summed E-state index contributed by atoms with van der Waals surface area (Å²) < 4.78 is 10.9. The Kier molecular flexibility index (Phi) is 17.4. The van der Waals surface area contributed by atoms with Crippen LogP contribution in [0.4, 0.5) is 9.59 Å². The highest BCUT2D eigenvalue weighted by Crippen LogP contribution is 2.37. The highest BCUT2D eigenvalue weighted by atomic mass is 16.6. The van der Waals surface area contributed by atoms with Crippen molar-refractivity contribution >= 4 is 29.9 Å². The van der Waals surface area contributed by atoms with Crippen molar-refractivity contribution in [1.29, 1.82) is 0 Å². The van der Waals surface area contributed by atoms with Crippen molar-refractivity contribution in [3.05, 3.63) is 48.0 Å². The van der Waals surface area contributed by atoms with Crippen molar-refractivity contribution in [3.63, 3.8) is 0 Å². The Morgan fingerprint density at radius 3 is 2.02 bits per heavy atom. The zero-order valence-corrected chi connectivity index (χ0v) is 37.8. The van der Waals surface area contributed by atoms with Crippen LogP contribution in [0.25, 0.3) is 0 Å². The van der Waals surface area contributed by atoms with Crippen LogP contribution in [0.1, 0.15) is 134 Å². The van der Waals surface area contributed by atoms with Gasteiger partial charge < -0.3 is 40.8 Å². The fourth-order valence-corrected chi connectivity index (χ4v) is 8.05. The minimum atomic E-state index is -1.11. The molecule has 1 aromatic carbocycles. The second kappa shape index (κ2) is 20.9. The van der Waals surface area contributed by atoms with E-state index in [1.807, 2.05) is 70.2 Å². The van der Waals surface area contributed by atoms with Crippen molar-refractivity contribution in [2.45, 2.75) is 175 Å². The lowest BCUT2D eigenvalue weighted by Crippen LogP contribution is -2.63. The van der Waals surface area contributed by atoms with Crippen LogP contribution < -0.4 is 21.3 Å². The lowest BCUT2D eigenvalue weighted by atomic mass is 9.78. The van der Waals surface area contributed by atoms with Gasteiger partial charge in [0.05, 0.1) is 12.0 Å². The van der Waals surface area contributed by atoms with Gasteiger partial charge >= 0.3 is 12.2 Å². The number of hydrogen-bond acceptors (Lipinski definition) is 9. The number of likely N-dealkylation sites (tertiary alicyclic amines) is 1. The number of carbonyl (C=O) groups is 5. The Balaban J connectivity index is 1.84. The van der Waals surface area contributed by atoms with E-state index < -0.39 is 64.3 Å². The molecule has 0 radical (unpaired) electrons. The standard InChI is InChI=1S/C45H74N6O8/c1-30(2)26-33(48-41(56)59-43(6,7)8)23-22-32(27-31-18-14-13-15-19-31)39(54)50-25-17-21-36(50)49-38(53)35(20-16-24-46-40(55)58-42(3,4)5)37(52)47-34-28-44(9,10)51(57)45(11,12)29-34/h13-15,18-19,22-23,30,32-36,57H,16-17,20-21,24-29H2,1-12H3,(H,46,55)(H,47,52)(H,48,56)(H,49,53)/b23-22+/t32-,33+,35?,36-/m0/s1. The lowest BCUT2D eigenvalue weighted by molar-refractivity contribution is -0.246. The summed E-state index contributed by atoms with van der Waals surface area (Å²) >= 11 is 0. The Morgan fingerprint density at radius 1 is 0.864 bits per heavy atom. The monoisotopic (exact) mass is 827 g/mol. The van der Waals surface area contributed by atoms with E-state index in [4.69, 9.17) is 9.47 Å². The highest BCUT2D eigenvalue weighted by Gasteiger charge is 2.46. The molecule has 2 fully saturated rings. The number of rotatable bonds is 16. The van der Waals surface area contributed by atoms with Crippen LogP contribution in [0.2, 0.25) is 0 Å². The van der Waals surface area contributed by atoms with Crippen molar-refractivity contribution in [2.75, 3.05) is 13.1 Å². The number of nitrogens with zero attached hydrogens (tertiary/aromatic N) is 2. The number of hydroxylamine groups is 2. The molecule has 0 saturated carbocycles. The molecule has 14 heteroatoms. The predicted octanol–water partition coefficient (Wildman–Crippen LogP) is 6.85. The third-order valence-corrected chi connectivity index (χ3v) is 10.4. The van der Waals surface area contributed by atoms with Gasteiger partial charge in [0.1, 0.15) is 23.3 Å². The third kappa shape index (κ3) is 16.4. The van der Waals surface area contributed by atoms with Crippen molar-refractivity contribution < 1.29 is 38.7 Å². The van der Waals surface area contributed by atoms with E-state index >= 15 is 0 Å². The van der Waals surface area contributed by atoms with Gasteiger partial charge in [-0.05, 0) is 132 Å². The first kappa shape index (κ1) is 49.2. The van der Waals surface area contributed by atoms with Gasteiger partial charge in [0, 0.05) is 30.2 Å². The molecule has 1 unspecified atom stereocenters. The quantitative estimate of drug-likeness (QED) is 0.0677. The molecule has 14 nitrogen and oxygen atoms in total. The molecule has 0 spiro atoms. The first-order chi connectivity index (χ1) is 27.3. The molecule has 0 aliphatic carbocycles. The fourth-order valence-electron chi connectivity index (χ4n) is 8.05. The normalized spacial score (nSPS) is 20.1. The molecular weight excluding hydrogens is 753 g/mol. The zero-order valence-electron chi connectivity index (χ0n) is 37.8. The highest BCUT2D eigenvalue weighted by molar-refractivity contribution is 6.00. The van der Waals surface area contributed by atoms with Gasteiger partial charge in [0.2, 0.25) is 17.7 Å². The summed E-state index contributed by atoms with van der Waals surface area (Å²) in [5.74, 6) is -2.58. The molecule has 5 N–H and O–H groups in total. The number of nitrogens with one attached hydrogen (secondary N) is 4. The summed E-state index contributed by atoms with van der Waals surface area (Å²) in [6.45, 7) is 23.1. The summed E-state index contributed by atoms with van der Waals surface area (Å²) in [5.41, 5.74) is -1.62. The van der Waals surface area contributed by atoms with Crippen LogP contribution >= 0.6 is 0 Å². The Hall–Kier alpha value is -4.17. The molecular formula is C45H74N6O8. The van der Waals surface area contributed by atoms with Gasteiger partial charge in [-0.3, -0.25) is 14.4 Å². The third-order valence-electron chi connectivity index (χ3n) is 10.4. The van der Waals surface area contributed by atoms with Gasteiger partial charge in [0.25, 0.3) is 0 Å². The van der Waals surface area contributed by atoms with Gasteiger partial charge in [-0.25, -0.2) is 9.59 Å². The summed E-state index contributed by atoms with van der Waals surface area (Å²) in [7, 11) is 0. The number of hydrogen-bond donors (Lipinski definition) is 5. The van der Waals surface area contributed by atoms with Crippen molar-refractivity contribution in [3.8, 4) is 0 Å². The molecule has 2 aliphatic rings. The van der Waals surface area contributed by atoms with Gasteiger partial charge in [-0.15, -0.1) is 0 Å². The van der Waals surface area contributed by atoms with E-state index in [1.165, 1.54) is 5.06 Å². The molecule has 1 aromatic rings. The van der Waals surface area contributed by atoms with E-state index in [-0.39, 0.29) is 36.9 Å². The van der Waals surface area contributed by atoms with E-state index in [0.29, 0.717) is 51.5 Å².